The molecule has 1 heterocycles. The van der Waals surface area contributed by atoms with E-state index < -0.39 is 0 Å². The van der Waals surface area contributed by atoms with Gasteiger partial charge in [0, 0.05) is 17.6 Å². The molecule has 2 N–H and O–H groups in total. The third kappa shape index (κ3) is 3.48. The summed E-state index contributed by atoms with van der Waals surface area (Å²) in [5.41, 5.74) is 1.20. The number of halogens is 1. The maximum Gasteiger partial charge on any atom is 0.0450 e. The molecule has 88 valence electrons. The Hall–Kier alpha value is -0.570. The van der Waals surface area contributed by atoms with Crippen molar-refractivity contribution < 1.29 is 0 Å². The molecular weight excluding hydrogens is 220 g/mol. The molecule has 1 aromatic rings. The van der Waals surface area contributed by atoms with Crippen LogP contribution in [-0.2, 0) is 6.54 Å². The first kappa shape index (κ1) is 11.9. The maximum atomic E-state index is 6.12. The van der Waals surface area contributed by atoms with E-state index in [9.17, 15) is 0 Å². The zero-order valence-corrected chi connectivity index (χ0v) is 10.3. The smallest absolute Gasteiger partial charge is 0.0450 e. The molecule has 1 aliphatic heterocycles. The van der Waals surface area contributed by atoms with Crippen LogP contribution in [0, 0.1) is 0 Å². The Bertz CT molecular complexity index is 319. The van der Waals surface area contributed by atoms with E-state index in [2.05, 4.69) is 16.7 Å². The highest BCUT2D eigenvalue weighted by Gasteiger charge is 2.11. The Morgan fingerprint density at radius 3 is 3.00 bits per heavy atom. The second-order valence-electron chi connectivity index (χ2n) is 4.35. The van der Waals surface area contributed by atoms with Gasteiger partial charge in [0.2, 0.25) is 0 Å². The van der Waals surface area contributed by atoms with E-state index in [4.69, 9.17) is 11.6 Å². The van der Waals surface area contributed by atoms with E-state index in [-0.39, 0.29) is 0 Å². The molecule has 2 rings (SSSR count). The third-order valence-corrected chi connectivity index (χ3v) is 3.48. The Morgan fingerprint density at radius 2 is 2.12 bits per heavy atom. The highest BCUT2D eigenvalue weighted by molar-refractivity contribution is 6.31. The van der Waals surface area contributed by atoms with Gasteiger partial charge < -0.3 is 10.6 Å². The molecule has 0 bridgehead atoms. The fourth-order valence-corrected chi connectivity index (χ4v) is 2.32. The Labute approximate surface area is 102 Å². The summed E-state index contributed by atoms with van der Waals surface area (Å²) in [5, 5.41) is 7.88. The lowest BCUT2D eigenvalue weighted by Crippen LogP contribution is -2.29. The van der Waals surface area contributed by atoms with Crippen molar-refractivity contribution in [1.29, 1.82) is 0 Å². The quantitative estimate of drug-likeness (QED) is 0.846. The summed E-state index contributed by atoms with van der Waals surface area (Å²) in [5.74, 6) is 0. The van der Waals surface area contributed by atoms with Gasteiger partial charge in [-0.05, 0) is 44.0 Å². The van der Waals surface area contributed by atoms with Crippen LogP contribution in [0.5, 0.6) is 0 Å². The Morgan fingerprint density at radius 1 is 1.25 bits per heavy atom. The molecule has 0 aliphatic carbocycles. The molecule has 2 nitrogen and oxygen atoms in total. The zero-order valence-electron chi connectivity index (χ0n) is 9.51. The van der Waals surface area contributed by atoms with Gasteiger partial charge in [-0.3, -0.25) is 0 Å². The number of benzene rings is 1. The molecule has 3 heteroatoms. The topological polar surface area (TPSA) is 24.1 Å². The van der Waals surface area contributed by atoms with E-state index in [1.54, 1.807) is 0 Å². The number of hydrogen-bond donors (Lipinski definition) is 2. The van der Waals surface area contributed by atoms with Crippen molar-refractivity contribution in [2.24, 2.45) is 0 Å². The second-order valence-corrected chi connectivity index (χ2v) is 4.76. The van der Waals surface area contributed by atoms with Gasteiger partial charge in [-0.2, -0.15) is 0 Å². The normalized spacial score (nSPS) is 21.7. The maximum absolute atomic E-state index is 6.12. The molecule has 1 unspecified atom stereocenters. The molecule has 1 aliphatic rings. The number of nitrogens with one attached hydrogen (secondary N) is 2. The van der Waals surface area contributed by atoms with Crippen LogP contribution in [0.1, 0.15) is 24.8 Å². The summed E-state index contributed by atoms with van der Waals surface area (Å²) in [4.78, 5) is 0. The minimum Gasteiger partial charge on any atom is -0.317 e. The average Bonchev–Trinajstić information content (AvgIpc) is 2.56. The summed E-state index contributed by atoms with van der Waals surface area (Å²) in [6.07, 6.45) is 3.74. The van der Waals surface area contributed by atoms with Crippen LogP contribution in [-0.4, -0.2) is 19.1 Å². The second kappa shape index (κ2) is 6.24. The average molecular weight is 239 g/mol. The number of hydrogen-bond acceptors (Lipinski definition) is 2. The summed E-state index contributed by atoms with van der Waals surface area (Å²) >= 11 is 6.12. The van der Waals surface area contributed by atoms with Gasteiger partial charge in [0.05, 0.1) is 0 Å². The van der Waals surface area contributed by atoms with Crippen LogP contribution in [0.3, 0.4) is 0 Å². The molecule has 1 fully saturated rings. The van der Waals surface area contributed by atoms with Gasteiger partial charge in [0.15, 0.2) is 0 Å². The molecule has 1 saturated heterocycles. The van der Waals surface area contributed by atoms with E-state index in [1.165, 1.54) is 24.8 Å². The lowest BCUT2D eigenvalue weighted by Gasteiger charge is -2.16. The van der Waals surface area contributed by atoms with Gasteiger partial charge in [-0.15, -0.1) is 0 Å². The van der Waals surface area contributed by atoms with E-state index in [1.807, 2.05) is 18.2 Å². The summed E-state index contributed by atoms with van der Waals surface area (Å²) in [6, 6.07) is 8.68. The fraction of sp³-hybridized carbons (Fsp3) is 0.538. The van der Waals surface area contributed by atoms with Crippen LogP contribution < -0.4 is 10.6 Å². The van der Waals surface area contributed by atoms with Gasteiger partial charge in [0.1, 0.15) is 0 Å². The van der Waals surface area contributed by atoms with Crippen molar-refractivity contribution >= 4 is 11.6 Å². The standard InChI is InChI=1S/C13H19ClN2/c14-13-6-2-1-4-11(13)10-16-12-5-3-8-15-9-7-12/h1-2,4,6,12,15-16H,3,5,7-10H2. The van der Waals surface area contributed by atoms with Crippen LogP contribution in [0.25, 0.3) is 0 Å². The van der Waals surface area contributed by atoms with E-state index in [0.29, 0.717) is 6.04 Å². The van der Waals surface area contributed by atoms with Crippen molar-refractivity contribution in [3.05, 3.63) is 34.9 Å². The largest absolute Gasteiger partial charge is 0.317 e. The predicted octanol–water partition coefficient (Wildman–Crippen LogP) is 2.57. The molecular formula is C13H19ClN2. The number of rotatable bonds is 3. The minimum atomic E-state index is 0.631. The third-order valence-electron chi connectivity index (χ3n) is 3.11. The molecule has 0 spiro atoms. The van der Waals surface area contributed by atoms with E-state index in [0.717, 1.165) is 24.7 Å². The van der Waals surface area contributed by atoms with Crippen molar-refractivity contribution in [2.75, 3.05) is 13.1 Å². The van der Waals surface area contributed by atoms with Gasteiger partial charge >= 0.3 is 0 Å². The zero-order chi connectivity index (χ0) is 11.2. The van der Waals surface area contributed by atoms with Crippen molar-refractivity contribution in [1.82, 2.24) is 10.6 Å². The first-order valence-electron chi connectivity index (χ1n) is 6.04. The Kier molecular flexibility index (Phi) is 4.64. The minimum absolute atomic E-state index is 0.631. The van der Waals surface area contributed by atoms with Crippen molar-refractivity contribution in [2.45, 2.75) is 31.8 Å². The van der Waals surface area contributed by atoms with Gasteiger partial charge in [-0.25, -0.2) is 0 Å². The summed E-state index contributed by atoms with van der Waals surface area (Å²) in [6.45, 7) is 3.16. The highest BCUT2D eigenvalue weighted by atomic mass is 35.5. The van der Waals surface area contributed by atoms with Crippen molar-refractivity contribution in [3.63, 3.8) is 0 Å². The van der Waals surface area contributed by atoms with Crippen LogP contribution in [0.15, 0.2) is 24.3 Å². The summed E-state index contributed by atoms with van der Waals surface area (Å²) in [7, 11) is 0. The molecule has 16 heavy (non-hydrogen) atoms. The monoisotopic (exact) mass is 238 g/mol. The van der Waals surface area contributed by atoms with Crippen molar-refractivity contribution in [3.8, 4) is 0 Å². The van der Waals surface area contributed by atoms with E-state index >= 15 is 0 Å². The lowest BCUT2D eigenvalue weighted by molar-refractivity contribution is 0.468. The van der Waals surface area contributed by atoms with Crippen LogP contribution >= 0.6 is 11.6 Å². The van der Waals surface area contributed by atoms with Gasteiger partial charge in [0.25, 0.3) is 0 Å². The SMILES string of the molecule is Clc1ccccc1CNC1CCCNCC1. The summed E-state index contributed by atoms with van der Waals surface area (Å²) < 4.78 is 0. The molecule has 0 amide bonds. The predicted molar refractivity (Wildman–Crippen MR) is 68.8 cm³/mol. The first-order chi connectivity index (χ1) is 7.86. The fourth-order valence-electron chi connectivity index (χ4n) is 2.12. The molecule has 1 aromatic carbocycles. The van der Waals surface area contributed by atoms with Crippen LogP contribution in [0.2, 0.25) is 5.02 Å². The van der Waals surface area contributed by atoms with Gasteiger partial charge in [-0.1, -0.05) is 29.8 Å². The molecule has 0 aromatic heterocycles. The lowest BCUT2D eigenvalue weighted by atomic mass is 10.1. The van der Waals surface area contributed by atoms with Crippen LogP contribution in [0.4, 0.5) is 0 Å². The highest BCUT2D eigenvalue weighted by Crippen LogP contribution is 2.15. The molecule has 0 radical (unpaired) electrons. The first-order valence-corrected chi connectivity index (χ1v) is 6.41. The molecule has 1 atom stereocenters. The molecule has 0 saturated carbocycles. The Balaban J connectivity index is 1.84.